The number of carboxylic acid groups (broad SMARTS) is 2. The predicted molar refractivity (Wildman–Crippen MR) is 155 cm³/mol. The molecule has 2 aliphatic rings. The Bertz CT molecular complexity index is 1350. The molecule has 2 unspecified atom stereocenters. The summed E-state index contributed by atoms with van der Waals surface area (Å²) in [6.07, 6.45) is 4.04. The molecular weight excluding hydrogens is 540 g/mol. The number of aliphatic hydroxyl groups excluding tert-OH is 1. The van der Waals surface area contributed by atoms with Crippen LogP contribution in [0.2, 0.25) is 0 Å². The van der Waals surface area contributed by atoms with Crippen molar-refractivity contribution >= 4 is 23.7 Å². The van der Waals surface area contributed by atoms with Crippen LogP contribution in [0.3, 0.4) is 0 Å². The first-order chi connectivity index (χ1) is 20.2. The highest BCUT2D eigenvalue weighted by molar-refractivity contribution is 6.27. The van der Waals surface area contributed by atoms with Crippen molar-refractivity contribution in [3.05, 3.63) is 95.1 Å². The van der Waals surface area contributed by atoms with Crippen LogP contribution in [0.15, 0.2) is 72.8 Å². The number of nitrogens with one attached hydrogen (secondary N) is 1. The van der Waals surface area contributed by atoms with Gasteiger partial charge in [-0.25, -0.2) is 14.4 Å². The molecule has 1 saturated carbocycles. The molecule has 10 nitrogen and oxygen atoms in total. The maximum Gasteiger partial charge on any atom is 0.414 e. The van der Waals surface area contributed by atoms with Gasteiger partial charge in [0.05, 0.1) is 11.8 Å². The molecule has 0 spiro atoms. The fourth-order valence-electron chi connectivity index (χ4n) is 5.02. The first kappa shape index (κ1) is 30.5. The maximum atomic E-state index is 13.1. The highest BCUT2D eigenvalue weighted by Gasteiger charge is 2.34. The molecule has 222 valence electrons. The van der Waals surface area contributed by atoms with Gasteiger partial charge in [-0.05, 0) is 54.0 Å². The summed E-state index contributed by atoms with van der Waals surface area (Å²) >= 11 is 0. The normalized spacial score (nSPS) is 17.5. The molecule has 3 aromatic rings. The molecule has 0 aliphatic heterocycles. The van der Waals surface area contributed by atoms with Crippen LogP contribution >= 0.6 is 0 Å². The van der Waals surface area contributed by atoms with Gasteiger partial charge in [-0.2, -0.15) is 0 Å². The topological polar surface area (TPSA) is 146 Å². The molecule has 10 heteroatoms. The third kappa shape index (κ3) is 7.86. The van der Waals surface area contributed by atoms with E-state index in [0.29, 0.717) is 24.1 Å². The minimum absolute atomic E-state index is 0.0158. The lowest BCUT2D eigenvalue weighted by Crippen LogP contribution is -2.47. The second-order valence-electron chi connectivity index (χ2n) is 10.3. The lowest BCUT2D eigenvalue weighted by molar-refractivity contribution is -0.159. The van der Waals surface area contributed by atoms with Gasteiger partial charge in [-0.1, -0.05) is 73.2 Å². The van der Waals surface area contributed by atoms with Crippen LogP contribution in [-0.4, -0.2) is 52.5 Å². The van der Waals surface area contributed by atoms with Crippen molar-refractivity contribution in [3.8, 4) is 5.75 Å². The van der Waals surface area contributed by atoms with E-state index in [1.54, 1.807) is 7.05 Å². The summed E-state index contributed by atoms with van der Waals surface area (Å²) in [6, 6.07) is 23.9. The molecule has 42 heavy (non-hydrogen) atoms. The van der Waals surface area contributed by atoms with Gasteiger partial charge in [-0.15, -0.1) is 0 Å². The highest BCUT2D eigenvalue weighted by atomic mass is 16.6. The van der Waals surface area contributed by atoms with E-state index in [9.17, 15) is 9.90 Å². The Hall–Kier alpha value is -4.41. The van der Waals surface area contributed by atoms with Crippen LogP contribution in [0.4, 0.5) is 10.5 Å². The summed E-state index contributed by atoms with van der Waals surface area (Å²) in [5.41, 5.74) is 4.43. The fraction of sp³-hybridized carbons (Fsp3) is 0.344. The number of carbonyl (C=O) groups is 3. The number of hydrogen-bond acceptors (Lipinski definition) is 7. The van der Waals surface area contributed by atoms with Gasteiger partial charge in [0.2, 0.25) is 0 Å². The maximum absolute atomic E-state index is 13.1. The monoisotopic (exact) mass is 576 g/mol. The van der Waals surface area contributed by atoms with Gasteiger partial charge in [0, 0.05) is 19.1 Å². The number of hydrogen-bond donors (Lipinski definition) is 4. The number of ether oxygens (including phenoxy) is 2. The van der Waals surface area contributed by atoms with Gasteiger partial charge in [0.1, 0.15) is 19.0 Å². The van der Waals surface area contributed by atoms with Crippen molar-refractivity contribution in [2.75, 3.05) is 11.9 Å². The number of anilines is 1. The number of benzene rings is 3. The minimum Gasteiger partial charge on any atom is -0.487 e. The zero-order valence-electron chi connectivity index (χ0n) is 23.4. The summed E-state index contributed by atoms with van der Waals surface area (Å²) in [4.78, 5) is 32.9. The van der Waals surface area contributed by atoms with Crippen LogP contribution in [0.25, 0.3) is 0 Å². The predicted octanol–water partition coefficient (Wildman–Crippen LogP) is 4.68. The van der Waals surface area contributed by atoms with Crippen molar-refractivity contribution in [1.29, 1.82) is 0 Å². The molecule has 0 aromatic heterocycles. The second kappa shape index (κ2) is 14.5. The zero-order valence-corrected chi connectivity index (χ0v) is 23.4. The molecule has 3 aromatic carbocycles. The van der Waals surface area contributed by atoms with Crippen molar-refractivity contribution in [2.45, 2.75) is 63.5 Å². The Labute approximate surface area is 244 Å². The number of nitrogens with zero attached hydrogens (tertiary/aromatic N) is 1. The molecule has 2 aliphatic carbocycles. The summed E-state index contributed by atoms with van der Waals surface area (Å²) in [5, 5.41) is 29.7. The Balaban J connectivity index is 0.000000612. The molecule has 5 rings (SSSR count). The Morgan fingerprint density at radius 3 is 2.00 bits per heavy atom. The molecular formula is C32H36N2O8. The van der Waals surface area contributed by atoms with Crippen molar-refractivity contribution in [3.63, 3.8) is 0 Å². The molecule has 0 radical (unpaired) electrons. The SMILES string of the molecule is CN(C(=O)OCc1ccccc1)c1c(OCc2ccccc2)ccc2c1CCC(NC1CCC1)C2O.O=C(O)C(=O)O. The lowest BCUT2D eigenvalue weighted by Gasteiger charge is -2.38. The van der Waals surface area contributed by atoms with Gasteiger partial charge in [0.15, 0.2) is 0 Å². The fourth-order valence-corrected chi connectivity index (χ4v) is 5.02. The number of aliphatic carboxylic acids is 2. The van der Waals surface area contributed by atoms with Crippen LogP contribution < -0.4 is 15.0 Å². The zero-order chi connectivity index (χ0) is 30.1. The Kier molecular flexibility index (Phi) is 10.5. The summed E-state index contributed by atoms with van der Waals surface area (Å²) in [7, 11) is 1.71. The standard InChI is InChI=1S/C30H34N2O4.C2H2O4/c1-32(30(34)36-20-22-11-6-3-7-12-22)28-24-15-17-26(31-23-13-8-14-23)29(33)25(24)16-18-27(28)35-19-21-9-4-2-5-10-21;3-1(4)2(5)6/h2-7,9-12,16,18,23,26,29,31,33H,8,13-15,17,19-20H2,1H3;(H,3,4)(H,5,6). The summed E-state index contributed by atoms with van der Waals surface area (Å²) < 4.78 is 11.9. The van der Waals surface area contributed by atoms with E-state index in [2.05, 4.69) is 5.32 Å². The molecule has 0 bridgehead atoms. The van der Waals surface area contributed by atoms with E-state index in [1.807, 2.05) is 72.8 Å². The number of aliphatic hydroxyl groups is 1. The van der Waals surface area contributed by atoms with E-state index in [0.717, 1.165) is 35.1 Å². The molecule has 4 N–H and O–H groups in total. The first-order valence-corrected chi connectivity index (χ1v) is 13.9. The third-order valence-corrected chi connectivity index (χ3v) is 7.48. The van der Waals surface area contributed by atoms with Crippen molar-refractivity contribution in [2.24, 2.45) is 0 Å². The van der Waals surface area contributed by atoms with Crippen LogP contribution in [0, 0.1) is 0 Å². The largest absolute Gasteiger partial charge is 0.487 e. The van der Waals surface area contributed by atoms with E-state index < -0.39 is 24.1 Å². The number of carbonyl (C=O) groups excluding carboxylic acids is 1. The van der Waals surface area contributed by atoms with Crippen LogP contribution in [-0.2, 0) is 34.0 Å². The van der Waals surface area contributed by atoms with Gasteiger partial charge >= 0.3 is 18.0 Å². The molecule has 0 heterocycles. The summed E-state index contributed by atoms with van der Waals surface area (Å²) in [6.45, 7) is 0.573. The molecule has 1 fully saturated rings. The number of fused-ring (bicyclic) bond motifs is 1. The lowest BCUT2D eigenvalue weighted by atomic mass is 9.82. The Morgan fingerprint density at radius 2 is 1.45 bits per heavy atom. The van der Waals surface area contributed by atoms with E-state index in [4.69, 9.17) is 29.3 Å². The van der Waals surface area contributed by atoms with Crippen LogP contribution in [0.5, 0.6) is 5.75 Å². The summed E-state index contributed by atoms with van der Waals surface area (Å²) in [5.74, 6) is -3.04. The number of rotatable bonds is 8. The quantitative estimate of drug-likeness (QED) is 0.281. The first-order valence-electron chi connectivity index (χ1n) is 13.9. The van der Waals surface area contributed by atoms with Crippen molar-refractivity contribution in [1.82, 2.24) is 5.32 Å². The minimum atomic E-state index is -1.82. The Morgan fingerprint density at radius 1 is 0.857 bits per heavy atom. The molecule has 0 saturated heterocycles. The van der Waals surface area contributed by atoms with Gasteiger partial charge in [-0.3, -0.25) is 4.90 Å². The third-order valence-electron chi connectivity index (χ3n) is 7.48. The van der Waals surface area contributed by atoms with E-state index >= 15 is 0 Å². The molecule has 2 atom stereocenters. The van der Waals surface area contributed by atoms with Gasteiger partial charge < -0.3 is 30.1 Å². The van der Waals surface area contributed by atoms with E-state index in [-0.39, 0.29) is 12.6 Å². The number of carboxylic acids is 2. The average molecular weight is 577 g/mol. The average Bonchev–Trinajstić information content (AvgIpc) is 2.98. The van der Waals surface area contributed by atoms with Crippen LogP contribution in [0.1, 0.15) is 54.0 Å². The smallest absolute Gasteiger partial charge is 0.414 e. The number of amides is 1. The highest BCUT2D eigenvalue weighted by Crippen LogP contribution is 2.42. The van der Waals surface area contributed by atoms with Gasteiger partial charge in [0.25, 0.3) is 0 Å². The molecule has 1 amide bonds. The van der Waals surface area contributed by atoms with E-state index in [1.165, 1.54) is 24.2 Å². The van der Waals surface area contributed by atoms with Crippen molar-refractivity contribution < 1.29 is 39.2 Å². The second-order valence-corrected chi connectivity index (χ2v) is 10.3.